The fraction of sp³-hybridized carbons (Fsp3) is 0.368. The molecule has 2 aromatic carbocycles. The van der Waals surface area contributed by atoms with Gasteiger partial charge < -0.3 is 5.32 Å². The molecule has 20 heavy (non-hydrogen) atoms. The standard InChI is InChI=1S/C19H23N/c1-4-14-5-7-15(8-6-14)19-12-17-11-16(13(2)3)9-10-18(17)20-19/h5-11,13,19-20H,4,12H2,1-3H3. The van der Waals surface area contributed by atoms with Crippen molar-refractivity contribution < 1.29 is 0 Å². The van der Waals surface area contributed by atoms with Gasteiger partial charge in [-0.2, -0.15) is 0 Å². The van der Waals surface area contributed by atoms with Crippen LogP contribution in [-0.2, 0) is 12.8 Å². The fourth-order valence-corrected chi connectivity index (χ4v) is 2.93. The number of aryl methyl sites for hydroxylation is 1. The molecule has 2 aromatic rings. The van der Waals surface area contributed by atoms with Crippen LogP contribution in [0.3, 0.4) is 0 Å². The molecule has 0 bridgehead atoms. The monoisotopic (exact) mass is 265 g/mol. The first-order valence-electron chi connectivity index (χ1n) is 7.65. The quantitative estimate of drug-likeness (QED) is 0.816. The van der Waals surface area contributed by atoms with Crippen LogP contribution in [0.5, 0.6) is 0 Å². The second-order valence-corrected chi connectivity index (χ2v) is 6.07. The number of hydrogen-bond acceptors (Lipinski definition) is 1. The molecular weight excluding hydrogens is 242 g/mol. The number of benzene rings is 2. The van der Waals surface area contributed by atoms with E-state index in [4.69, 9.17) is 0 Å². The van der Waals surface area contributed by atoms with Crippen molar-refractivity contribution in [2.45, 2.75) is 45.6 Å². The highest BCUT2D eigenvalue weighted by Crippen LogP contribution is 2.35. The smallest absolute Gasteiger partial charge is 0.0555 e. The van der Waals surface area contributed by atoms with Gasteiger partial charge in [0.25, 0.3) is 0 Å². The first-order chi connectivity index (χ1) is 9.67. The molecule has 0 radical (unpaired) electrons. The van der Waals surface area contributed by atoms with Crippen LogP contribution in [0, 0.1) is 0 Å². The van der Waals surface area contributed by atoms with E-state index in [1.54, 1.807) is 0 Å². The lowest BCUT2D eigenvalue weighted by Crippen LogP contribution is -2.05. The molecule has 0 aromatic heterocycles. The summed E-state index contributed by atoms with van der Waals surface area (Å²) in [6.07, 6.45) is 2.21. The van der Waals surface area contributed by atoms with E-state index in [1.165, 1.54) is 27.9 Å². The summed E-state index contributed by atoms with van der Waals surface area (Å²) in [4.78, 5) is 0. The Kier molecular flexibility index (Phi) is 3.52. The molecule has 0 fully saturated rings. The van der Waals surface area contributed by atoms with E-state index in [0.29, 0.717) is 12.0 Å². The second kappa shape index (κ2) is 5.32. The second-order valence-electron chi connectivity index (χ2n) is 6.07. The van der Waals surface area contributed by atoms with Crippen LogP contribution in [0.1, 0.15) is 55.0 Å². The normalized spacial score (nSPS) is 17.1. The topological polar surface area (TPSA) is 12.0 Å². The van der Waals surface area contributed by atoms with Gasteiger partial charge in [0.1, 0.15) is 0 Å². The van der Waals surface area contributed by atoms with Gasteiger partial charge in [-0.05, 0) is 47.1 Å². The van der Waals surface area contributed by atoms with Gasteiger partial charge in [0.05, 0.1) is 6.04 Å². The van der Waals surface area contributed by atoms with Gasteiger partial charge in [-0.25, -0.2) is 0 Å². The molecule has 1 atom stereocenters. The first kappa shape index (κ1) is 13.2. The van der Waals surface area contributed by atoms with Gasteiger partial charge in [-0.3, -0.25) is 0 Å². The fourth-order valence-electron chi connectivity index (χ4n) is 2.93. The molecule has 1 aliphatic rings. The third-order valence-corrected chi connectivity index (χ3v) is 4.34. The maximum Gasteiger partial charge on any atom is 0.0555 e. The summed E-state index contributed by atoms with van der Waals surface area (Å²) >= 11 is 0. The molecule has 104 valence electrons. The van der Waals surface area contributed by atoms with Crippen molar-refractivity contribution in [3.05, 3.63) is 64.7 Å². The number of hydrogen-bond donors (Lipinski definition) is 1. The van der Waals surface area contributed by atoms with Crippen molar-refractivity contribution in [2.75, 3.05) is 5.32 Å². The van der Waals surface area contributed by atoms with Crippen molar-refractivity contribution in [1.82, 2.24) is 0 Å². The van der Waals surface area contributed by atoms with Gasteiger partial charge in [-0.1, -0.05) is 57.2 Å². The lowest BCUT2D eigenvalue weighted by molar-refractivity contribution is 0.818. The van der Waals surface area contributed by atoms with Crippen molar-refractivity contribution in [2.24, 2.45) is 0 Å². The Labute approximate surface area is 122 Å². The molecule has 0 saturated heterocycles. The Balaban J connectivity index is 1.82. The van der Waals surface area contributed by atoms with Gasteiger partial charge in [0.2, 0.25) is 0 Å². The third-order valence-electron chi connectivity index (χ3n) is 4.34. The van der Waals surface area contributed by atoms with E-state index >= 15 is 0 Å². The maximum atomic E-state index is 3.65. The van der Waals surface area contributed by atoms with Crippen LogP contribution in [0.25, 0.3) is 0 Å². The zero-order chi connectivity index (χ0) is 14.1. The number of anilines is 1. The van der Waals surface area contributed by atoms with E-state index in [1.807, 2.05) is 0 Å². The summed E-state index contributed by atoms with van der Waals surface area (Å²) in [7, 11) is 0. The highest BCUT2D eigenvalue weighted by molar-refractivity contribution is 5.59. The van der Waals surface area contributed by atoms with E-state index in [-0.39, 0.29) is 0 Å². The minimum Gasteiger partial charge on any atom is -0.378 e. The van der Waals surface area contributed by atoms with Gasteiger partial charge in [0, 0.05) is 5.69 Å². The Morgan fingerprint density at radius 1 is 1.10 bits per heavy atom. The largest absolute Gasteiger partial charge is 0.378 e. The Morgan fingerprint density at radius 3 is 2.50 bits per heavy atom. The van der Waals surface area contributed by atoms with Gasteiger partial charge in [-0.15, -0.1) is 0 Å². The number of nitrogens with one attached hydrogen (secondary N) is 1. The molecular formula is C19H23N. The summed E-state index contributed by atoms with van der Waals surface area (Å²) in [5.41, 5.74) is 7.00. The van der Waals surface area contributed by atoms with Crippen LogP contribution < -0.4 is 5.32 Å². The lowest BCUT2D eigenvalue weighted by atomic mass is 9.97. The predicted octanol–water partition coefficient (Wildman–Crippen LogP) is 5.08. The van der Waals surface area contributed by atoms with E-state index in [9.17, 15) is 0 Å². The summed E-state index contributed by atoms with van der Waals surface area (Å²) in [6.45, 7) is 6.71. The van der Waals surface area contributed by atoms with Crippen LogP contribution in [0.2, 0.25) is 0 Å². The number of rotatable bonds is 3. The van der Waals surface area contributed by atoms with Gasteiger partial charge >= 0.3 is 0 Å². The molecule has 0 spiro atoms. The molecule has 1 aliphatic heterocycles. The van der Waals surface area contributed by atoms with Crippen molar-refractivity contribution >= 4 is 5.69 Å². The van der Waals surface area contributed by atoms with Gasteiger partial charge in [0.15, 0.2) is 0 Å². The van der Waals surface area contributed by atoms with E-state index in [2.05, 4.69) is 68.6 Å². The maximum absolute atomic E-state index is 3.65. The predicted molar refractivity (Wildman–Crippen MR) is 86.4 cm³/mol. The molecule has 1 nitrogen and oxygen atoms in total. The van der Waals surface area contributed by atoms with Crippen LogP contribution in [0.4, 0.5) is 5.69 Å². The summed E-state index contributed by atoms with van der Waals surface area (Å²) < 4.78 is 0. The molecule has 0 saturated carbocycles. The molecule has 1 N–H and O–H groups in total. The Morgan fingerprint density at radius 2 is 1.85 bits per heavy atom. The minimum absolute atomic E-state index is 0.429. The van der Waals surface area contributed by atoms with Crippen LogP contribution in [0.15, 0.2) is 42.5 Å². The summed E-state index contributed by atoms with van der Waals surface area (Å²) in [5, 5.41) is 3.65. The lowest BCUT2D eigenvalue weighted by Gasteiger charge is -2.12. The highest BCUT2D eigenvalue weighted by atomic mass is 14.9. The molecule has 3 rings (SSSR count). The summed E-state index contributed by atoms with van der Waals surface area (Å²) in [5.74, 6) is 0.600. The number of fused-ring (bicyclic) bond motifs is 1. The van der Waals surface area contributed by atoms with Crippen molar-refractivity contribution in [3.63, 3.8) is 0 Å². The zero-order valence-electron chi connectivity index (χ0n) is 12.6. The molecule has 1 heterocycles. The Bertz CT molecular complexity index is 596. The SMILES string of the molecule is CCc1ccc(C2Cc3cc(C(C)C)ccc3N2)cc1. The minimum atomic E-state index is 0.429. The van der Waals surface area contributed by atoms with Crippen LogP contribution >= 0.6 is 0 Å². The highest BCUT2D eigenvalue weighted by Gasteiger charge is 2.22. The molecule has 0 amide bonds. The van der Waals surface area contributed by atoms with Crippen molar-refractivity contribution in [3.8, 4) is 0 Å². The molecule has 0 aliphatic carbocycles. The third kappa shape index (κ3) is 2.45. The zero-order valence-corrected chi connectivity index (χ0v) is 12.6. The molecule has 1 heteroatoms. The van der Waals surface area contributed by atoms with Crippen LogP contribution in [-0.4, -0.2) is 0 Å². The summed E-state index contributed by atoms with van der Waals surface area (Å²) in [6, 6.07) is 16.3. The Hall–Kier alpha value is -1.76. The average molecular weight is 265 g/mol. The first-order valence-corrected chi connectivity index (χ1v) is 7.65. The molecule has 1 unspecified atom stereocenters. The van der Waals surface area contributed by atoms with E-state index in [0.717, 1.165) is 12.8 Å². The van der Waals surface area contributed by atoms with E-state index < -0.39 is 0 Å². The van der Waals surface area contributed by atoms with Crippen molar-refractivity contribution in [1.29, 1.82) is 0 Å². The average Bonchev–Trinajstić information content (AvgIpc) is 2.90.